The zero-order valence-electron chi connectivity index (χ0n) is 14.8. The summed E-state index contributed by atoms with van der Waals surface area (Å²) in [6.07, 6.45) is 3.80. The fraction of sp³-hybridized carbons (Fsp3) is 0.400. The van der Waals surface area contributed by atoms with Crippen LogP contribution in [0.25, 0.3) is 0 Å². The fourth-order valence-electron chi connectivity index (χ4n) is 4.40. The second kappa shape index (κ2) is 6.52. The van der Waals surface area contributed by atoms with Crippen LogP contribution in [0.3, 0.4) is 0 Å². The second-order valence-electron chi connectivity index (χ2n) is 7.07. The highest BCUT2D eigenvalue weighted by molar-refractivity contribution is 5.95. The van der Waals surface area contributed by atoms with Gasteiger partial charge in [-0.3, -0.25) is 9.59 Å². The molecule has 2 amide bonds. The molecule has 1 spiro atoms. The Hall–Kier alpha value is -2.76. The molecule has 1 aromatic heterocycles. The Bertz CT molecular complexity index is 811. The summed E-state index contributed by atoms with van der Waals surface area (Å²) in [5.41, 5.74) is 1.12. The lowest BCUT2D eigenvalue weighted by atomic mass is 9.73. The summed E-state index contributed by atoms with van der Waals surface area (Å²) < 4.78 is 0. The van der Waals surface area contributed by atoms with Crippen LogP contribution in [0.5, 0.6) is 0 Å². The van der Waals surface area contributed by atoms with E-state index in [1.807, 2.05) is 34.9 Å². The lowest BCUT2D eigenvalue weighted by molar-refractivity contribution is -0.135. The van der Waals surface area contributed by atoms with Crippen molar-refractivity contribution in [3.8, 4) is 0 Å². The van der Waals surface area contributed by atoms with Crippen molar-refractivity contribution in [1.82, 2.24) is 20.0 Å². The molecule has 6 heteroatoms. The number of likely N-dealkylation sites (tertiary alicyclic amines) is 2. The molecule has 2 atom stereocenters. The quantitative estimate of drug-likeness (QED) is 0.849. The summed E-state index contributed by atoms with van der Waals surface area (Å²) in [5, 5.41) is 7.55. The van der Waals surface area contributed by atoms with Crippen LogP contribution >= 0.6 is 0 Å². The molecule has 2 aliphatic rings. The first-order valence-electron chi connectivity index (χ1n) is 9.06. The molecule has 2 saturated heterocycles. The molecule has 0 bridgehead atoms. The van der Waals surface area contributed by atoms with Crippen LogP contribution in [0.2, 0.25) is 0 Å². The zero-order chi connectivity index (χ0) is 18.1. The molecule has 6 nitrogen and oxygen atoms in total. The van der Waals surface area contributed by atoms with Gasteiger partial charge in [0.1, 0.15) is 0 Å². The number of hydrogen-bond donors (Lipinski definition) is 0. The summed E-state index contributed by atoms with van der Waals surface area (Å²) >= 11 is 0. The number of amides is 2. The van der Waals surface area contributed by atoms with Crippen LogP contribution in [0.4, 0.5) is 0 Å². The number of carbonyl (C=O) groups is 2. The highest BCUT2D eigenvalue weighted by atomic mass is 16.2. The number of carbonyl (C=O) groups excluding carboxylic acids is 2. The Kier molecular flexibility index (Phi) is 4.18. The van der Waals surface area contributed by atoms with Gasteiger partial charge in [-0.05, 0) is 25.0 Å². The third-order valence-corrected chi connectivity index (χ3v) is 5.79. The Morgan fingerprint density at radius 1 is 1.23 bits per heavy atom. The number of nitrogens with zero attached hydrogens (tertiary/aromatic N) is 4. The Labute approximate surface area is 152 Å². The van der Waals surface area contributed by atoms with Gasteiger partial charge in [-0.15, -0.1) is 0 Å². The van der Waals surface area contributed by atoms with E-state index in [0.717, 1.165) is 18.5 Å². The van der Waals surface area contributed by atoms with E-state index in [2.05, 4.69) is 22.3 Å². The fourth-order valence-corrected chi connectivity index (χ4v) is 4.40. The van der Waals surface area contributed by atoms with Crippen LogP contribution in [0, 0.1) is 5.41 Å². The number of aromatic nitrogens is 2. The van der Waals surface area contributed by atoms with E-state index in [4.69, 9.17) is 0 Å². The molecule has 4 rings (SSSR count). The van der Waals surface area contributed by atoms with Crippen LogP contribution in [0.15, 0.2) is 48.8 Å². The van der Waals surface area contributed by atoms with Gasteiger partial charge in [0.05, 0.1) is 23.4 Å². The van der Waals surface area contributed by atoms with Crippen molar-refractivity contribution in [2.24, 2.45) is 5.41 Å². The standard InChI is InChI=1S/C20H22N4O2/c1-2-23-11-9-20(19(23)26)14-24(18(25)16-8-10-21-22-12-16)13-17(20)15-6-4-3-5-7-15/h3-8,10,12,17H,2,9,11,13-14H2,1H3/t17-,20+/m0/s1. The monoisotopic (exact) mass is 350 g/mol. The predicted molar refractivity (Wildman–Crippen MR) is 96.4 cm³/mol. The molecule has 0 aliphatic carbocycles. The van der Waals surface area contributed by atoms with Crippen LogP contribution in [-0.4, -0.2) is 58.0 Å². The van der Waals surface area contributed by atoms with E-state index in [0.29, 0.717) is 25.2 Å². The lowest BCUT2D eigenvalue weighted by Gasteiger charge is -2.28. The predicted octanol–water partition coefficient (Wildman–Crippen LogP) is 1.95. The third-order valence-electron chi connectivity index (χ3n) is 5.79. The van der Waals surface area contributed by atoms with Gasteiger partial charge in [0.25, 0.3) is 5.91 Å². The average molecular weight is 350 g/mol. The summed E-state index contributed by atoms with van der Waals surface area (Å²) in [6, 6.07) is 11.8. The number of rotatable bonds is 3. The SMILES string of the molecule is CCN1CC[C@]2(CN(C(=O)c3ccnnc3)C[C@H]2c2ccccc2)C1=O. The molecule has 134 valence electrons. The van der Waals surface area contributed by atoms with E-state index in [1.165, 1.54) is 12.4 Å². The molecular weight excluding hydrogens is 328 g/mol. The van der Waals surface area contributed by atoms with Gasteiger partial charge >= 0.3 is 0 Å². The molecule has 1 aromatic carbocycles. The molecule has 2 aromatic rings. The maximum atomic E-state index is 13.2. The summed E-state index contributed by atoms with van der Waals surface area (Å²) in [7, 11) is 0. The third kappa shape index (κ3) is 2.57. The smallest absolute Gasteiger partial charge is 0.255 e. The minimum absolute atomic E-state index is 0.0199. The van der Waals surface area contributed by atoms with Gasteiger partial charge < -0.3 is 9.80 Å². The van der Waals surface area contributed by atoms with Crippen LogP contribution < -0.4 is 0 Å². The molecule has 2 fully saturated rings. The summed E-state index contributed by atoms with van der Waals surface area (Å²) in [6.45, 7) is 4.49. The van der Waals surface area contributed by atoms with Crippen LogP contribution in [0.1, 0.15) is 35.2 Å². The lowest BCUT2D eigenvalue weighted by Crippen LogP contribution is -2.40. The maximum absolute atomic E-state index is 13.2. The molecule has 0 radical (unpaired) electrons. The second-order valence-corrected chi connectivity index (χ2v) is 7.07. The topological polar surface area (TPSA) is 66.4 Å². The highest BCUT2D eigenvalue weighted by Crippen LogP contribution is 2.50. The van der Waals surface area contributed by atoms with Gasteiger partial charge in [-0.2, -0.15) is 10.2 Å². The minimum atomic E-state index is -0.520. The van der Waals surface area contributed by atoms with Crippen molar-refractivity contribution in [2.45, 2.75) is 19.3 Å². The van der Waals surface area contributed by atoms with E-state index in [1.54, 1.807) is 6.07 Å². The molecule has 0 saturated carbocycles. The minimum Gasteiger partial charge on any atom is -0.342 e. The highest BCUT2D eigenvalue weighted by Gasteiger charge is 2.57. The molecule has 26 heavy (non-hydrogen) atoms. The van der Waals surface area contributed by atoms with Gasteiger partial charge in [0.15, 0.2) is 0 Å². The zero-order valence-corrected chi connectivity index (χ0v) is 14.8. The maximum Gasteiger partial charge on any atom is 0.255 e. The molecule has 3 heterocycles. The van der Waals surface area contributed by atoms with E-state index >= 15 is 0 Å². The van der Waals surface area contributed by atoms with Crippen molar-refractivity contribution in [3.05, 3.63) is 59.9 Å². The molecule has 2 aliphatic heterocycles. The summed E-state index contributed by atoms with van der Waals surface area (Å²) in [4.78, 5) is 29.9. The first kappa shape index (κ1) is 16.7. The number of benzene rings is 1. The first-order chi connectivity index (χ1) is 12.7. The summed E-state index contributed by atoms with van der Waals surface area (Å²) in [5.74, 6) is 0.115. The molecule has 0 N–H and O–H groups in total. The first-order valence-corrected chi connectivity index (χ1v) is 9.06. The van der Waals surface area contributed by atoms with Crippen molar-refractivity contribution in [1.29, 1.82) is 0 Å². The van der Waals surface area contributed by atoms with Gasteiger partial charge in [0.2, 0.25) is 5.91 Å². The Morgan fingerprint density at radius 3 is 2.69 bits per heavy atom. The Morgan fingerprint density at radius 2 is 2.04 bits per heavy atom. The Balaban J connectivity index is 1.70. The van der Waals surface area contributed by atoms with E-state index < -0.39 is 5.41 Å². The van der Waals surface area contributed by atoms with Gasteiger partial charge in [0, 0.05) is 32.1 Å². The average Bonchev–Trinajstić information content (AvgIpc) is 3.24. The van der Waals surface area contributed by atoms with Crippen molar-refractivity contribution >= 4 is 11.8 Å². The van der Waals surface area contributed by atoms with Crippen molar-refractivity contribution < 1.29 is 9.59 Å². The van der Waals surface area contributed by atoms with Gasteiger partial charge in [-0.25, -0.2) is 0 Å². The van der Waals surface area contributed by atoms with Crippen molar-refractivity contribution in [2.75, 3.05) is 26.2 Å². The van der Waals surface area contributed by atoms with E-state index in [-0.39, 0.29) is 17.7 Å². The normalized spacial score (nSPS) is 25.3. The van der Waals surface area contributed by atoms with Crippen LogP contribution in [-0.2, 0) is 4.79 Å². The molecule has 0 unspecified atom stereocenters. The van der Waals surface area contributed by atoms with Crippen molar-refractivity contribution in [3.63, 3.8) is 0 Å². The van der Waals surface area contributed by atoms with E-state index in [9.17, 15) is 9.59 Å². The largest absolute Gasteiger partial charge is 0.342 e. The number of hydrogen-bond acceptors (Lipinski definition) is 4. The van der Waals surface area contributed by atoms with Gasteiger partial charge in [-0.1, -0.05) is 30.3 Å². The molecular formula is C20H22N4O2.